The van der Waals surface area contributed by atoms with Gasteiger partial charge in [0.15, 0.2) is 0 Å². The maximum Gasteiger partial charge on any atom is 1.00 e. The van der Waals surface area contributed by atoms with Gasteiger partial charge >= 0.3 is 29.6 Å². The van der Waals surface area contributed by atoms with E-state index >= 15 is 0 Å². The quantitative estimate of drug-likeness (QED) is 0.272. The fourth-order valence-corrected chi connectivity index (χ4v) is 3.66. The summed E-state index contributed by atoms with van der Waals surface area (Å²) in [5.74, 6) is 0. The molecule has 4 nitrogen and oxygen atoms in total. The molecule has 2 atom stereocenters. The van der Waals surface area contributed by atoms with E-state index in [9.17, 15) is 18.1 Å². The summed E-state index contributed by atoms with van der Waals surface area (Å²) in [5.41, 5.74) is 0. The van der Waals surface area contributed by atoms with Crippen LogP contribution in [0.4, 0.5) is 0 Å². The molecule has 0 spiro atoms. The van der Waals surface area contributed by atoms with E-state index in [0.29, 0.717) is 12.8 Å². The number of aliphatic hydroxyl groups excluding tert-OH is 1. The summed E-state index contributed by atoms with van der Waals surface area (Å²) in [6.07, 6.45) is 11.3. The van der Waals surface area contributed by atoms with E-state index in [2.05, 4.69) is 13.8 Å². The third-order valence-electron chi connectivity index (χ3n) is 4.24. The van der Waals surface area contributed by atoms with Gasteiger partial charge in [-0.3, -0.25) is 0 Å². The molecule has 2 unspecified atom stereocenters. The topological polar surface area (TPSA) is 77.4 Å². The first-order valence-corrected chi connectivity index (χ1v) is 10.5. The molecule has 0 radical (unpaired) electrons. The van der Waals surface area contributed by atoms with Crippen LogP contribution in [-0.4, -0.2) is 29.4 Å². The molecule has 0 aromatic heterocycles. The molecule has 0 aromatic carbocycles. The van der Waals surface area contributed by atoms with Gasteiger partial charge < -0.3 is 9.66 Å². The Hall–Kier alpha value is 0.870. The van der Waals surface area contributed by atoms with Crippen molar-refractivity contribution in [1.82, 2.24) is 0 Å². The van der Waals surface area contributed by atoms with Crippen molar-refractivity contribution in [2.75, 3.05) is 0 Å². The second-order valence-corrected chi connectivity index (χ2v) is 8.05. The molecule has 0 saturated carbocycles. The molecule has 0 rings (SSSR count). The second-order valence-electron chi connectivity index (χ2n) is 6.40. The van der Waals surface area contributed by atoms with Crippen LogP contribution in [0.1, 0.15) is 97.3 Å². The number of hydrogen-bond donors (Lipinski definition) is 1. The Bertz CT molecular complexity index is 347. The van der Waals surface area contributed by atoms with Gasteiger partial charge in [0.1, 0.15) is 0 Å². The van der Waals surface area contributed by atoms with Crippen LogP contribution in [0.15, 0.2) is 0 Å². The Morgan fingerprint density at radius 3 is 1.70 bits per heavy atom. The van der Waals surface area contributed by atoms with E-state index < -0.39 is 15.4 Å². The van der Waals surface area contributed by atoms with Crippen molar-refractivity contribution in [3.8, 4) is 0 Å². The molecular weight excluding hydrogens is 323 g/mol. The van der Waals surface area contributed by atoms with Crippen LogP contribution in [0.3, 0.4) is 0 Å². The molecule has 0 saturated heterocycles. The zero-order valence-electron chi connectivity index (χ0n) is 15.4. The normalized spacial score (nSPS) is 14.3. The second kappa shape index (κ2) is 16.3. The van der Waals surface area contributed by atoms with Crippen LogP contribution in [-0.2, 0) is 10.1 Å². The minimum absolute atomic E-state index is 0. The average Bonchev–Trinajstić information content (AvgIpc) is 2.45. The van der Waals surface area contributed by atoms with Crippen LogP contribution in [0.2, 0.25) is 0 Å². The third kappa shape index (κ3) is 16.1. The summed E-state index contributed by atoms with van der Waals surface area (Å²) in [4.78, 5) is 0. The first-order valence-electron chi connectivity index (χ1n) is 9.04. The van der Waals surface area contributed by atoms with E-state index in [4.69, 9.17) is 0 Å². The zero-order valence-corrected chi connectivity index (χ0v) is 18.2. The summed E-state index contributed by atoms with van der Waals surface area (Å²) in [7, 11) is -4.15. The summed E-state index contributed by atoms with van der Waals surface area (Å²) >= 11 is 0. The summed E-state index contributed by atoms with van der Waals surface area (Å²) in [5, 5.41) is 9.03. The molecule has 0 aliphatic heterocycles. The van der Waals surface area contributed by atoms with Crippen molar-refractivity contribution in [2.24, 2.45) is 0 Å². The van der Waals surface area contributed by atoms with E-state index in [1.54, 1.807) is 0 Å². The van der Waals surface area contributed by atoms with Crippen LogP contribution in [0.5, 0.6) is 0 Å². The van der Waals surface area contributed by atoms with Crippen LogP contribution in [0, 0.1) is 0 Å². The maximum absolute atomic E-state index is 11.2. The predicted molar refractivity (Wildman–Crippen MR) is 90.9 cm³/mol. The molecule has 0 aromatic rings. The van der Waals surface area contributed by atoms with E-state index in [1.165, 1.54) is 0 Å². The number of unbranched alkanes of at least 4 members (excludes halogenated alkanes) is 6. The van der Waals surface area contributed by atoms with Gasteiger partial charge in [-0.15, -0.1) is 0 Å². The first-order chi connectivity index (χ1) is 10.4. The molecule has 23 heavy (non-hydrogen) atoms. The standard InChI is InChI=1S/C17H36O4S.Na/c1-3-5-9-14-17(22(19,20)21)15-11-8-7-10-13-16(18)12-6-4-2;/h16-18H,3-15H2,1-2H3,(H,19,20,21);/q;+1/p-1. The molecule has 134 valence electrons. The van der Waals surface area contributed by atoms with Gasteiger partial charge in [-0.25, -0.2) is 8.42 Å². The first kappa shape index (κ1) is 26.1. The van der Waals surface area contributed by atoms with Gasteiger partial charge in [0.05, 0.1) is 16.2 Å². The molecule has 0 aliphatic rings. The molecule has 6 heteroatoms. The minimum Gasteiger partial charge on any atom is -0.748 e. The van der Waals surface area contributed by atoms with Crippen molar-refractivity contribution in [3.63, 3.8) is 0 Å². The smallest absolute Gasteiger partial charge is 0.748 e. The van der Waals surface area contributed by atoms with Gasteiger partial charge in [-0.1, -0.05) is 71.6 Å². The molecule has 0 aliphatic carbocycles. The Balaban J connectivity index is 0. The van der Waals surface area contributed by atoms with Crippen LogP contribution < -0.4 is 29.6 Å². The molecule has 1 N–H and O–H groups in total. The number of aliphatic hydroxyl groups is 1. The van der Waals surface area contributed by atoms with Crippen LogP contribution in [0.25, 0.3) is 0 Å². The molecular formula is C17H35NaO4S. The molecule has 0 amide bonds. The van der Waals surface area contributed by atoms with Gasteiger partial charge in [-0.05, 0) is 25.7 Å². The Morgan fingerprint density at radius 1 is 0.783 bits per heavy atom. The molecule has 0 heterocycles. The fourth-order valence-electron chi connectivity index (χ4n) is 2.74. The predicted octanol–water partition coefficient (Wildman–Crippen LogP) is 1.38. The van der Waals surface area contributed by atoms with Crippen molar-refractivity contribution in [1.29, 1.82) is 0 Å². The number of hydrogen-bond acceptors (Lipinski definition) is 4. The van der Waals surface area contributed by atoms with E-state index in [-0.39, 0.29) is 35.7 Å². The summed E-state index contributed by atoms with van der Waals surface area (Å²) in [6, 6.07) is 0. The molecule has 0 bridgehead atoms. The largest absolute Gasteiger partial charge is 1.00 e. The summed E-state index contributed by atoms with van der Waals surface area (Å²) in [6.45, 7) is 4.18. The Kier molecular flexibility index (Phi) is 18.5. The number of rotatable bonds is 15. The van der Waals surface area contributed by atoms with Crippen molar-refractivity contribution in [3.05, 3.63) is 0 Å². The van der Waals surface area contributed by atoms with Crippen molar-refractivity contribution >= 4 is 10.1 Å². The third-order valence-corrected chi connectivity index (χ3v) is 5.53. The summed E-state index contributed by atoms with van der Waals surface area (Å²) < 4.78 is 33.7. The van der Waals surface area contributed by atoms with Crippen molar-refractivity contribution in [2.45, 2.75) is 109 Å². The maximum atomic E-state index is 11.2. The minimum atomic E-state index is -4.15. The van der Waals surface area contributed by atoms with Gasteiger partial charge in [0.2, 0.25) is 0 Å². The average molecular weight is 359 g/mol. The van der Waals surface area contributed by atoms with E-state index in [1.807, 2.05) is 0 Å². The van der Waals surface area contributed by atoms with E-state index in [0.717, 1.165) is 70.6 Å². The van der Waals surface area contributed by atoms with Crippen molar-refractivity contribution < 1.29 is 47.6 Å². The van der Waals surface area contributed by atoms with Gasteiger partial charge in [-0.2, -0.15) is 0 Å². The Labute approximate surface area is 165 Å². The zero-order chi connectivity index (χ0) is 16.8. The van der Waals surface area contributed by atoms with Gasteiger partial charge in [0, 0.05) is 5.25 Å². The Morgan fingerprint density at radius 2 is 1.22 bits per heavy atom. The van der Waals surface area contributed by atoms with Crippen LogP contribution >= 0.6 is 0 Å². The SMILES string of the molecule is CCCCCC(CCCCCCC(O)CCCC)S(=O)(=O)[O-].[Na+]. The molecule has 0 fully saturated rings. The van der Waals surface area contributed by atoms with Gasteiger partial charge in [0.25, 0.3) is 0 Å². The fraction of sp³-hybridized carbons (Fsp3) is 1.00. The monoisotopic (exact) mass is 358 g/mol.